The highest BCUT2D eigenvalue weighted by Crippen LogP contribution is 2.33. The lowest BCUT2D eigenvalue weighted by Gasteiger charge is -2.18. The van der Waals surface area contributed by atoms with Crippen molar-refractivity contribution in [2.45, 2.75) is 6.04 Å². The normalized spacial score (nSPS) is 12.6. The Morgan fingerprint density at radius 3 is 2.48 bits per heavy atom. The molecule has 31 heavy (non-hydrogen) atoms. The van der Waals surface area contributed by atoms with E-state index >= 15 is 0 Å². The van der Waals surface area contributed by atoms with Crippen molar-refractivity contribution < 1.29 is 18.3 Å². The molecule has 2 N–H and O–H groups in total. The quantitative estimate of drug-likeness (QED) is 0.428. The topological polar surface area (TPSA) is 88.4 Å². The zero-order valence-corrected chi connectivity index (χ0v) is 18.1. The van der Waals surface area contributed by atoms with Gasteiger partial charge in [-0.2, -0.15) is 0 Å². The molecule has 1 atom stereocenters. The number of anilines is 1. The van der Waals surface area contributed by atoms with Crippen LogP contribution in [0.2, 0.25) is 5.02 Å². The second-order valence-electron chi connectivity index (χ2n) is 7.18. The van der Waals surface area contributed by atoms with Gasteiger partial charge in [0.25, 0.3) is 0 Å². The molecule has 8 heteroatoms. The second-order valence-corrected chi connectivity index (χ2v) is 9.34. The summed E-state index contributed by atoms with van der Waals surface area (Å²) in [6, 6.07) is 20.4. The Hall–Kier alpha value is -3.29. The smallest absolute Gasteiger partial charge is 0.331 e. The molecule has 1 heterocycles. The van der Waals surface area contributed by atoms with Crippen molar-refractivity contribution in [2.75, 3.05) is 11.0 Å². The van der Waals surface area contributed by atoms with Gasteiger partial charge in [-0.3, -0.25) is 4.72 Å². The van der Waals surface area contributed by atoms with Crippen LogP contribution in [0.5, 0.6) is 0 Å². The number of carboxylic acid groups (broad SMARTS) is 1. The van der Waals surface area contributed by atoms with E-state index in [-0.39, 0.29) is 0 Å². The summed E-state index contributed by atoms with van der Waals surface area (Å²) in [7, 11) is -3.48. The predicted molar refractivity (Wildman–Crippen MR) is 123 cm³/mol. The molecule has 0 aliphatic rings. The van der Waals surface area contributed by atoms with E-state index in [2.05, 4.69) is 4.72 Å². The molecule has 0 aliphatic heterocycles. The third-order valence-corrected chi connectivity index (χ3v) is 5.88. The second kappa shape index (κ2) is 8.09. The number of hydrogen-bond donors (Lipinski definition) is 2. The van der Waals surface area contributed by atoms with Crippen molar-refractivity contribution >= 4 is 44.2 Å². The van der Waals surface area contributed by atoms with Crippen molar-refractivity contribution in [2.24, 2.45) is 0 Å². The Morgan fingerprint density at radius 2 is 1.77 bits per heavy atom. The summed E-state index contributed by atoms with van der Waals surface area (Å²) in [5.41, 5.74) is 3.19. The fraction of sp³-hybridized carbons (Fsp3) is 0.0870. The minimum Gasteiger partial charge on any atom is -0.479 e. The first-order chi connectivity index (χ1) is 14.7. The maximum Gasteiger partial charge on any atom is 0.331 e. The number of carbonyl (C=O) groups is 1. The Bertz CT molecular complexity index is 1400. The van der Waals surface area contributed by atoms with Gasteiger partial charge in [0.15, 0.2) is 6.04 Å². The van der Waals surface area contributed by atoms with Gasteiger partial charge >= 0.3 is 5.97 Å². The van der Waals surface area contributed by atoms with Crippen LogP contribution in [0.25, 0.3) is 22.0 Å². The van der Waals surface area contributed by atoms with Gasteiger partial charge in [0.2, 0.25) is 10.0 Å². The van der Waals surface area contributed by atoms with E-state index in [9.17, 15) is 18.3 Å². The molecule has 3 aromatic carbocycles. The lowest BCUT2D eigenvalue weighted by molar-refractivity contribution is -0.139. The standard InChI is InChI=1S/C23H19ClN2O4S/c1-31(29,30)25-20-10-5-11-21-18(20)12-13-26(21)22(23(27)28)16-7-4-6-15(14-16)17-8-2-3-9-19(17)24/h2-14,22,25H,1H3,(H,27,28). The average Bonchev–Trinajstić information content (AvgIpc) is 3.12. The minimum atomic E-state index is -3.48. The van der Waals surface area contributed by atoms with Crippen molar-refractivity contribution in [1.82, 2.24) is 4.57 Å². The summed E-state index contributed by atoms with van der Waals surface area (Å²) >= 11 is 6.32. The molecular weight excluding hydrogens is 436 g/mol. The Kier molecular flexibility index (Phi) is 5.47. The number of carboxylic acids is 1. The minimum absolute atomic E-state index is 0.396. The highest BCUT2D eigenvalue weighted by atomic mass is 35.5. The first-order valence-electron chi connectivity index (χ1n) is 9.39. The number of fused-ring (bicyclic) bond motifs is 1. The van der Waals surface area contributed by atoms with Gasteiger partial charge in [0.05, 0.1) is 17.5 Å². The Balaban J connectivity index is 1.84. The number of aromatic nitrogens is 1. The van der Waals surface area contributed by atoms with E-state index in [1.165, 1.54) is 0 Å². The summed E-state index contributed by atoms with van der Waals surface area (Å²) in [4.78, 5) is 12.3. The highest BCUT2D eigenvalue weighted by molar-refractivity contribution is 7.92. The van der Waals surface area contributed by atoms with Crippen LogP contribution in [0.1, 0.15) is 11.6 Å². The van der Waals surface area contributed by atoms with E-state index in [4.69, 9.17) is 11.6 Å². The number of rotatable bonds is 6. The molecule has 0 saturated heterocycles. The van der Waals surface area contributed by atoms with Gasteiger partial charge in [-0.25, -0.2) is 13.2 Å². The Labute approximate surface area is 184 Å². The molecule has 158 valence electrons. The first kappa shape index (κ1) is 21.0. The van der Waals surface area contributed by atoms with Crippen LogP contribution in [0.4, 0.5) is 5.69 Å². The maximum absolute atomic E-state index is 12.3. The summed E-state index contributed by atoms with van der Waals surface area (Å²) in [6.45, 7) is 0. The highest BCUT2D eigenvalue weighted by Gasteiger charge is 2.24. The lowest BCUT2D eigenvalue weighted by Crippen LogP contribution is -2.19. The number of aliphatic carboxylic acids is 1. The number of benzene rings is 3. The number of halogens is 1. The van der Waals surface area contributed by atoms with E-state index in [1.54, 1.807) is 53.2 Å². The van der Waals surface area contributed by atoms with Crippen LogP contribution >= 0.6 is 11.6 Å². The third-order valence-electron chi connectivity index (χ3n) is 4.96. The van der Waals surface area contributed by atoms with Crippen LogP contribution in [0.3, 0.4) is 0 Å². The first-order valence-corrected chi connectivity index (χ1v) is 11.7. The van der Waals surface area contributed by atoms with Gasteiger partial charge in [-0.05, 0) is 41.5 Å². The molecule has 0 aliphatic carbocycles. The maximum atomic E-state index is 12.3. The fourth-order valence-electron chi connectivity index (χ4n) is 3.70. The molecule has 0 saturated carbocycles. The van der Waals surface area contributed by atoms with Crippen LogP contribution in [-0.2, 0) is 14.8 Å². The van der Waals surface area contributed by atoms with Gasteiger partial charge in [0, 0.05) is 22.2 Å². The molecule has 1 aromatic heterocycles. The van der Waals surface area contributed by atoms with E-state index < -0.39 is 22.0 Å². The van der Waals surface area contributed by atoms with Gasteiger partial charge in [-0.1, -0.05) is 54.1 Å². The van der Waals surface area contributed by atoms with Crippen LogP contribution < -0.4 is 4.72 Å². The number of sulfonamides is 1. The van der Waals surface area contributed by atoms with E-state index in [1.807, 2.05) is 30.3 Å². The number of hydrogen-bond acceptors (Lipinski definition) is 3. The molecule has 0 fully saturated rings. The SMILES string of the molecule is CS(=O)(=O)Nc1cccc2c1ccn2C(C(=O)O)c1cccc(-c2ccccc2Cl)c1. The monoisotopic (exact) mass is 454 g/mol. The van der Waals surface area contributed by atoms with Crippen molar-refractivity contribution in [1.29, 1.82) is 0 Å². The van der Waals surface area contributed by atoms with Crippen LogP contribution in [0, 0.1) is 0 Å². The Morgan fingerprint density at radius 1 is 1.03 bits per heavy atom. The van der Waals surface area contributed by atoms with E-state index in [0.29, 0.717) is 27.2 Å². The molecule has 4 rings (SSSR count). The molecule has 0 bridgehead atoms. The fourth-order valence-corrected chi connectivity index (χ4v) is 4.52. The molecule has 0 amide bonds. The predicted octanol–water partition coefficient (Wildman–Crippen LogP) is 5.01. The number of nitrogens with one attached hydrogen (secondary N) is 1. The summed E-state index contributed by atoms with van der Waals surface area (Å²) in [5, 5.41) is 11.3. The van der Waals surface area contributed by atoms with Crippen LogP contribution in [-0.4, -0.2) is 30.3 Å². The zero-order chi connectivity index (χ0) is 22.2. The molecule has 1 unspecified atom stereocenters. The van der Waals surface area contributed by atoms with Gasteiger partial charge in [-0.15, -0.1) is 0 Å². The molecule has 0 radical (unpaired) electrons. The largest absolute Gasteiger partial charge is 0.479 e. The molecule has 6 nitrogen and oxygen atoms in total. The van der Waals surface area contributed by atoms with Crippen molar-refractivity contribution in [3.63, 3.8) is 0 Å². The summed E-state index contributed by atoms with van der Waals surface area (Å²) < 4.78 is 27.5. The van der Waals surface area contributed by atoms with Crippen LogP contribution in [0.15, 0.2) is 79.0 Å². The third kappa shape index (κ3) is 4.28. The van der Waals surface area contributed by atoms with Crippen molar-refractivity contribution in [3.8, 4) is 11.1 Å². The van der Waals surface area contributed by atoms with E-state index in [0.717, 1.165) is 17.4 Å². The lowest BCUT2D eigenvalue weighted by atomic mass is 9.99. The molecule has 4 aromatic rings. The van der Waals surface area contributed by atoms with Crippen molar-refractivity contribution in [3.05, 3.63) is 89.6 Å². The zero-order valence-electron chi connectivity index (χ0n) is 16.5. The summed E-state index contributed by atoms with van der Waals surface area (Å²) in [6.07, 6.45) is 2.72. The average molecular weight is 455 g/mol. The van der Waals surface area contributed by atoms with Gasteiger partial charge in [0.1, 0.15) is 0 Å². The summed E-state index contributed by atoms with van der Waals surface area (Å²) in [5.74, 6) is -1.03. The number of nitrogens with zero attached hydrogens (tertiary/aromatic N) is 1. The van der Waals surface area contributed by atoms with Gasteiger partial charge < -0.3 is 9.67 Å². The molecular formula is C23H19ClN2O4S. The molecule has 0 spiro atoms.